The zero-order valence-corrected chi connectivity index (χ0v) is 27.7. The third-order valence-corrected chi connectivity index (χ3v) is 9.65. The van der Waals surface area contributed by atoms with Crippen molar-refractivity contribution < 1.29 is 4.42 Å². The molecule has 0 radical (unpaired) electrons. The summed E-state index contributed by atoms with van der Waals surface area (Å²) in [5, 5.41) is 15.5. The number of nitrogens with zero attached hydrogens (tertiary/aromatic N) is 2. The molecule has 0 amide bonds. The van der Waals surface area contributed by atoms with Crippen LogP contribution in [0.2, 0.25) is 0 Å². The number of hydrogen-bond acceptors (Lipinski definition) is 4. The van der Waals surface area contributed by atoms with Crippen LogP contribution in [0.1, 0.15) is 68.0 Å². The molecule has 0 aliphatic carbocycles. The van der Waals surface area contributed by atoms with Crippen molar-refractivity contribution in [2.24, 2.45) is 0 Å². The van der Waals surface area contributed by atoms with E-state index in [0.29, 0.717) is 5.56 Å². The van der Waals surface area contributed by atoms with E-state index in [4.69, 9.17) is 4.42 Å². The number of furan rings is 1. The van der Waals surface area contributed by atoms with Gasteiger partial charge in [0.05, 0.1) is 28.7 Å². The smallest absolute Gasteiger partial charge is 0.142 e. The molecule has 1 aromatic heterocycles. The molecule has 6 aromatic carbocycles. The highest BCUT2D eigenvalue weighted by Gasteiger charge is 2.36. The van der Waals surface area contributed by atoms with Crippen molar-refractivity contribution in [2.75, 3.05) is 10.2 Å². The van der Waals surface area contributed by atoms with Crippen LogP contribution in [-0.4, -0.2) is 0 Å². The fourth-order valence-electron chi connectivity index (χ4n) is 7.22. The summed E-state index contributed by atoms with van der Waals surface area (Å²) in [4.78, 5) is 2.49. The lowest BCUT2D eigenvalue weighted by molar-refractivity contribution is 0.655. The van der Waals surface area contributed by atoms with Crippen LogP contribution in [0, 0.1) is 11.3 Å². The van der Waals surface area contributed by atoms with Gasteiger partial charge >= 0.3 is 0 Å². The van der Waals surface area contributed by atoms with Crippen LogP contribution in [-0.2, 0) is 0 Å². The van der Waals surface area contributed by atoms with E-state index in [0.717, 1.165) is 38.9 Å². The lowest BCUT2D eigenvalue weighted by Gasteiger charge is -2.34. The second-order valence-electron chi connectivity index (χ2n) is 13.3. The van der Waals surface area contributed by atoms with E-state index in [-0.39, 0.29) is 18.0 Å². The summed E-state index contributed by atoms with van der Waals surface area (Å²) in [6.45, 7) is 9.18. The number of hydrogen-bond donors (Lipinski definition) is 1. The second kappa shape index (κ2) is 11.8. The first-order chi connectivity index (χ1) is 23.4. The van der Waals surface area contributed by atoms with E-state index >= 15 is 0 Å². The molecule has 1 aliphatic heterocycles. The first kappa shape index (κ1) is 29.6. The monoisotopic (exact) mass is 623 g/mol. The normalized spacial score (nSPS) is 14.1. The number of para-hydroxylation sites is 3. The molecular formula is C44H37N3O. The minimum absolute atomic E-state index is 0.201. The molecule has 1 N–H and O–H groups in total. The Morgan fingerprint density at radius 3 is 1.98 bits per heavy atom. The van der Waals surface area contributed by atoms with Gasteiger partial charge in [0.25, 0.3) is 0 Å². The van der Waals surface area contributed by atoms with E-state index in [2.05, 4.69) is 153 Å². The third-order valence-electron chi connectivity index (χ3n) is 9.65. The van der Waals surface area contributed by atoms with E-state index in [1.807, 2.05) is 18.2 Å². The zero-order valence-electron chi connectivity index (χ0n) is 27.7. The molecule has 7 aromatic rings. The first-order valence-electron chi connectivity index (χ1n) is 16.7. The molecule has 0 spiro atoms. The lowest BCUT2D eigenvalue weighted by atomic mass is 9.87. The maximum Gasteiger partial charge on any atom is 0.142 e. The molecule has 2 heterocycles. The largest absolute Gasteiger partial charge is 0.456 e. The van der Waals surface area contributed by atoms with Gasteiger partial charge in [0.2, 0.25) is 0 Å². The second-order valence-corrected chi connectivity index (χ2v) is 13.3. The highest BCUT2D eigenvalue weighted by molar-refractivity contribution is 6.06. The molecule has 1 aliphatic rings. The van der Waals surface area contributed by atoms with Crippen molar-refractivity contribution in [3.63, 3.8) is 0 Å². The van der Waals surface area contributed by atoms with E-state index < -0.39 is 0 Å². The summed E-state index contributed by atoms with van der Waals surface area (Å²) in [5.41, 5.74) is 14.2. The maximum atomic E-state index is 9.54. The molecule has 48 heavy (non-hydrogen) atoms. The van der Waals surface area contributed by atoms with Crippen molar-refractivity contribution in [1.82, 2.24) is 0 Å². The maximum absolute atomic E-state index is 9.54. The van der Waals surface area contributed by atoms with Crippen LogP contribution < -0.4 is 10.2 Å². The summed E-state index contributed by atoms with van der Waals surface area (Å²) >= 11 is 0. The minimum atomic E-state index is -0.201. The number of anilines is 3. The average molecular weight is 624 g/mol. The minimum Gasteiger partial charge on any atom is -0.456 e. The van der Waals surface area contributed by atoms with Gasteiger partial charge in [0.1, 0.15) is 17.3 Å². The third kappa shape index (κ3) is 4.91. The Hall–Kier alpha value is -5.79. The molecule has 234 valence electrons. The summed E-state index contributed by atoms with van der Waals surface area (Å²) in [6.07, 6.45) is -0.201. The van der Waals surface area contributed by atoms with Gasteiger partial charge in [-0.15, -0.1) is 0 Å². The molecule has 8 rings (SSSR count). The number of nitrogens with one attached hydrogen (secondary N) is 1. The SMILES string of the molecule is CC(C)c1cc(-c2ccc(-c3ccccc3)cc2)cc(C(C)C)c1N1c2ccccc2NC1c1cccc2c1oc1cc(C#N)ccc12. The van der Waals surface area contributed by atoms with Crippen LogP contribution in [0.4, 0.5) is 17.1 Å². The van der Waals surface area contributed by atoms with Gasteiger partial charge in [-0.2, -0.15) is 5.26 Å². The highest BCUT2D eigenvalue weighted by atomic mass is 16.3. The Morgan fingerprint density at radius 2 is 1.29 bits per heavy atom. The lowest BCUT2D eigenvalue weighted by Crippen LogP contribution is -2.26. The van der Waals surface area contributed by atoms with Gasteiger partial charge in [-0.1, -0.05) is 113 Å². The van der Waals surface area contributed by atoms with Gasteiger partial charge in [0, 0.05) is 16.3 Å². The molecule has 1 unspecified atom stereocenters. The number of benzene rings is 6. The average Bonchev–Trinajstić information content (AvgIpc) is 3.69. The van der Waals surface area contributed by atoms with Crippen LogP contribution in [0.15, 0.2) is 132 Å². The predicted molar refractivity (Wildman–Crippen MR) is 199 cm³/mol. The van der Waals surface area contributed by atoms with Crippen molar-refractivity contribution in [3.8, 4) is 28.3 Å². The fraction of sp³-hybridized carbons (Fsp3) is 0.159. The topological polar surface area (TPSA) is 52.2 Å². The molecular weight excluding hydrogens is 587 g/mol. The van der Waals surface area contributed by atoms with E-state index in [9.17, 15) is 5.26 Å². The molecule has 0 saturated carbocycles. The number of rotatable bonds is 6. The Balaban J connectivity index is 1.31. The van der Waals surface area contributed by atoms with Crippen LogP contribution >= 0.6 is 0 Å². The Morgan fingerprint density at radius 1 is 0.646 bits per heavy atom. The number of fused-ring (bicyclic) bond motifs is 4. The van der Waals surface area contributed by atoms with Crippen LogP contribution in [0.5, 0.6) is 0 Å². The van der Waals surface area contributed by atoms with Crippen molar-refractivity contribution in [1.29, 1.82) is 5.26 Å². The summed E-state index contributed by atoms with van der Waals surface area (Å²) in [5.74, 6) is 0.557. The Labute approximate surface area is 281 Å². The van der Waals surface area contributed by atoms with Gasteiger partial charge in [-0.3, -0.25) is 0 Å². The predicted octanol–water partition coefficient (Wildman–Crippen LogP) is 12.3. The Bertz CT molecular complexity index is 2310. The van der Waals surface area contributed by atoms with E-state index in [1.165, 1.54) is 39.1 Å². The summed E-state index contributed by atoms with van der Waals surface area (Å²) in [6, 6.07) is 47.2. The van der Waals surface area contributed by atoms with Crippen LogP contribution in [0.25, 0.3) is 44.2 Å². The van der Waals surface area contributed by atoms with Gasteiger partial charge in [0.15, 0.2) is 0 Å². The molecule has 0 bridgehead atoms. The van der Waals surface area contributed by atoms with Crippen LogP contribution in [0.3, 0.4) is 0 Å². The molecule has 4 heteroatoms. The molecule has 0 saturated heterocycles. The molecule has 1 atom stereocenters. The fourth-order valence-corrected chi connectivity index (χ4v) is 7.22. The summed E-state index contributed by atoms with van der Waals surface area (Å²) < 4.78 is 6.58. The summed E-state index contributed by atoms with van der Waals surface area (Å²) in [7, 11) is 0. The zero-order chi connectivity index (χ0) is 32.9. The standard InChI is InChI=1S/C44H37N3O/c1-27(2)37-24-33(32-20-18-31(19-21-32)30-11-6-5-7-12-30)25-38(28(3)4)42(37)47-40-16-9-8-15-39(40)46-44(47)36-14-10-13-35-34-22-17-29(26-45)23-41(34)48-43(35)36/h5-25,27-28,44,46H,1-4H3. The van der Waals surface area contributed by atoms with Crippen molar-refractivity contribution in [3.05, 3.63) is 150 Å². The quantitative estimate of drug-likeness (QED) is 0.200. The van der Waals surface area contributed by atoms with Crippen molar-refractivity contribution in [2.45, 2.75) is 45.7 Å². The van der Waals surface area contributed by atoms with E-state index in [1.54, 1.807) is 0 Å². The molecule has 4 nitrogen and oxygen atoms in total. The Kier molecular flexibility index (Phi) is 7.26. The van der Waals surface area contributed by atoms with Gasteiger partial charge < -0.3 is 14.6 Å². The van der Waals surface area contributed by atoms with Gasteiger partial charge in [-0.05, 0) is 87.7 Å². The van der Waals surface area contributed by atoms with Crippen molar-refractivity contribution >= 4 is 39.0 Å². The number of nitriles is 1. The first-order valence-corrected chi connectivity index (χ1v) is 16.7. The van der Waals surface area contributed by atoms with Gasteiger partial charge in [-0.25, -0.2) is 0 Å². The highest BCUT2D eigenvalue weighted by Crippen LogP contribution is 2.52. The molecule has 0 fully saturated rings.